The van der Waals surface area contributed by atoms with Crippen LogP contribution in [0.2, 0.25) is 0 Å². The smallest absolute Gasteiger partial charge is 0.272 e. The number of rotatable bonds is 3. The van der Waals surface area contributed by atoms with E-state index in [4.69, 9.17) is 0 Å². The van der Waals surface area contributed by atoms with Crippen LogP contribution in [0.15, 0.2) is 40.9 Å². The van der Waals surface area contributed by atoms with Gasteiger partial charge in [-0.15, -0.1) is 0 Å². The Labute approximate surface area is 125 Å². The average molecular weight is 357 g/mol. The number of hydrogen-bond acceptors (Lipinski definition) is 3. The summed E-state index contributed by atoms with van der Waals surface area (Å²) >= 11 is 3.12. The summed E-state index contributed by atoms with van der Waals surface area (Å²) in [4.78, 5) is 21.6. The highest BCUT2D eigenvalue weighted by molar-refractivity contribution is 9.10. The van der Waals surface area contributed by atoms with E-state index >= 15 is 0 Å². The number of non-ortho nitro benzene ring substituents is 1. The van der Waals surface area contributed by atoms with Gasteiger partial charge in [-0.05, 0) is 40.2 Å². The van der Waals surface area contributed by atoms with Crippen LogP contribution in [0, 0.1) is 21.7 Å². The Bertz CT molecular complexity index is 737. The maximum absolute atomic E-state index is 13.7. The summed E-state index contributed by atoms with van der Waals surface area (Å²) in [6.45, 7) is 0. The lowest BCUT2D eigenvalue weighted by Crippen LogP contribution is -2.14. The molecule has 0 bridgehead atoms. The summed E-state index contributed by atoms with van der Waals surface area (Å²) in [6, 6.07) is 6.29. The number of benzene rings is 2. The third-order valence-electron chi connectivity index (χ3n) is 2.58. The van der Waals surface area contributed by atoms with Crippen molar-refractivity contribution >= 4 is 33.2 Å². The Kier molecular flexibility index (Phi) is 4.27. The second kappa shape index (κ2) is 5.96. The number of nitrogens with zero attached hydrogens (tertiary/aromatic N) is 1. The molecule has 2 rings (SSSR count). The van der Waals surface area contributed by atoms with E-state index in [9.17, 15) is 23.7 Å². The second-order valence-electron chi connectivity index (χ2n) is 4.00. The van der Waals surface area contributed by atoms with Gasteiger partial charge in [0.1, 0.15) is 11.6 Å². The molecule has 2 aromatic carbocycles. The lowest BCUT2D eigenvalue weighted by molar-refractivity contribution is -0.385. The summed E-state index contributed by atoms with van der Waals surface area (Å²) in [5.41, 5.74) is -0.717. The van der Waals surface area contributed by atoms with Crippen molar-refractivity contribution in [2.24, 2.45) is 0 Å². The van der Waals surface area contributed by atoms with Crippen molar-refractivity contribution in [1.82, 2.24) is 0 Å². The molecule has 21 heavy (non-hydrogen) atoms. The van der Waals surface area contributed by atoms with Gasteiger partial charge in [-0.1, -0.05) is 0 Å². The van der Waals surface area contributed by atoms with Crippen LogP contribution in [0.25, 0.3) is 0 Å². The molecule has 0 aliphatic rings. The van der Waals surface area contributed by atoms with Crippen molar-refractivity contribution in [3.63, 3.8) is 0 Å². The first kappa shape index (κ1) is 15.0. The van der Waals surface area contributed by atoms with E-state index in [0.29, 0.717) is 10.5 Å². The van der Waals surface area contributed by atoms with Crippen molar-refractivity contribution < 1.29 is 18.5 Å². The Morgan fingerprint density at radius 3 is 2.52 bits per heavy atom. The molecule has 0 saturated carbocycles. The number of amides is 1. The Hall–Kier alpha value is -2.35. The quantitative estimate of drug-likeness (QED) is 0.669. The second-order valence-corrected chi connectivity index (χ2v) is 4.85. The van der Waals surface area contributed by atoms with Crippen molar-refractivity contribution in [2.45, 2.75) is 0 Å². The molecule has 0 saturated heterocycles. The molecule has 0 radical (unpaired) electrons. The van der Waals surface area contributed by atoms with Crippen LogP contribution in [-0.4, -0.2) is 10.8 Å². The lowest BCUT2D eigenvalue weighted by atomic mass is 10.1. The molecule has 0 spiro atoms. The first-order chi connectivity index (χ1) is 9.88. The molecule has 0 atom stereocenters. The van der Waals surface area contributed by atoms with E-state index in [1.807, 2.05) is 0 Å². The van der Waals surface area contributed by atoms with Crippen LogP contribution < -0.4 is 5.32 Å². The fourth-order valence-corrected chi connectivity index (χ4v) is 1.93. The van der Waals surface area contributed by atoms with Crippen molar-refractivity contribution in [2.75, 3.05) is 5.32 Å². The normalized spacial score (nSPS) is 10.2. The Morgan fingerprint density at radius 2 is 1.90 bits per heavy atom. The van der Waals surface area contributed by atoms with Gasteiger partial charge >= 0.3 is 0 Å². The summed E-state index contributed by atoms with van der Waals surface area (Å²) in [7, 11) is 0. The molecular weight excluding hydrogens is 350 g/mol. The minimum absolute atomic E-state index is 0.123. The number of nitrogens with one attached hydrogen (secondary N) is 1. The van der Waals surface area contributed by atoms with Gasteiger partial charge in [0, 0.05) is 10.5 Å². The summed E-state index contributed by atoms with van der Waals surface area (Å²) in [5, 5.41) is 12.8. The molecule has 0 unspecified atom stereocenters. The minimum atomic E-state index is -1.03. The van der Waals surface area contributed by atoms with Gasteiger partial charge in [-0.3, -0.25) is 14.9 Å². The van der Waals surface area contributed by atoms with E-state index in [1.165, 1.54) is 12.1 Å². The van der Waals surface area contributed by atoms with E-state index in [-0.39, 0.29) is 11.3 Å². The van der Waals surface area contributed by atoms with Crippen LogP contribution >= 0.6 is 15.9 Å². The van der Waals surface area contributed by atoms with Gasteiger partial charge in [-0.25, -0.2) is 8.78 Å². The maximum atomic E-state index is 13.7. The molecule has 0 aromatic heterocycles. The summed E-state index contributed by atoms with van der Waals surface area (Å²) < 4.78 is 27.2. The number of carbonyl (C=O) groups excluding carboxylic acids is 1. The summed E-state index contributed by atoms with van der Waals surface area (Å²) in [5.74, 6) is -2.44. The van der Waals surface area contributed by atoms with Crippen LogP contribution in [-0.2, 0) is 0 Å². The van der Waals surface area contributed by atoms with Crippen molar-refractivity contribution in [1.29, 1.82) is 0 Å². The zero-order valence-corrected chi connectivity index (χ0v) is 11.9. The summed E-state index contributed by atoms with van der Waals surface area (Å²) in [6.07, 6.45) is 0. The fourth-order valence-electron chi connectivity index (χ4n) is 1.58. The molecule has 1 amide bonds. The first-order valence-corrected chi connectivity index (χ1v) is 6.38. The Balaban J connectivity index is 2.28. The van der Waals surface area contributed by atoms with Gasteiger partial charge in [0.05, 0.1) is 22.2 Å². The number of nitro benzene ring substituents is 1. The average Bonchev–Trinajstić information content (AvgIpc) is 2.42. The monoisotopic (exact) mass is 356 g/mol. The third kappa shape index (κ3) is 3.40. The highest BCUT2D eigenvalue weighted by Crippen LogP contribution is 2.24. The molecule has 0 heterocycles. The minimum Gasteiger partial charge on any atom is -0.321 e. The SMILES string of the molecule is O=C(Nc1cc(F)ccc1Br)c1ccc([N+](=O)[O-])cc1F. The molecular formula is C13H7BrF2N2O3. The molecule has 2 aromatic rings. The fraction of sp³-hybridized carbons (Fsp3) is 0. The van der Waals surface area contributed by atoms with Gasteiger partial charge < -0.3 is 5.32 Å². The van der Waals surface area contributed by atoms with Gasteiger partial charge in [0.15, 0.2) is 0 Å². The van der Waals surface area contributed by atoms with Crippen LogP contribution in [0.3, 0.4) is 0 Å². The number of carbonyl (C=O) groups is 1. The highest BCUT2D eigenvalue weighted by atomic mass is 79.9. The lowest BCUT2D eigenvalue weighted by Gasteiger charge is -2.08. The zero-order chi connectivity index (χ0) is 15.6. The standard InChI is InChI=1S/C13H7BrF2N2O3/c14-10-4-1-7(15)5-12(10)17-13(19)9-3-2-8(18(20)21)6-11(9)16/h1-6H,(H,17,19). The molecule has 0 fully saturated rings. The van der Waals surface area contributed by atoms with Gasteiger partial charge in [0.2, 0.25) is 0 Å². The molecule has 1 N–H and O–H groups in total. The van der Waals surface area contributed by atoms with Crippen molar-refractivity contribution in [3.8, 4) is 0 Å². The van der Waals surface area contributed by atoms with Crippen LogP contribution in [0.1, 0.15) is 10.4 Å². The number of halogens is 3. The van der Waals surface area contributed by atoms with E-state index in [1.54, 1.807) is 0 Å². The number of hydrogen-bond donors (Lipinski definition) is 1. The van der Waals surface area contributed by atoms with Crippen molar-refractivity contribution in [3.05, 3.63) is 68.2 Å². The van der Waals surface area contributed by atoms with E-state index in [0.717, 1.165) is 18.2 Å². The molecule has 8 heteroatoms. The maximum Gasteiger partial charge on any atom is 0.272 e. The molecule has 0 aliphatic carbocycles. The predicted molar refractivity (Wildman–Crippen MR) is 75.1 cm³/mol. The van der Waals surface area contributed by atoms with Crippen LogP contribution in [0.4, 0.5) is 20.2 Å². The zero-order valence-electron chi connectivity index (χ0n) is 10.3. The molecule has 108 valence electrons. The number of anilines is 1. The molecule has 5 nitrogen and oxygen atoms in total. The van der Waals surface area contributed by atoms with Gasteiger partial charge in [0.25, 0.3) is 11.6 Å². The number of nitro groups is 1. The third-order valence-corrected chi connectivity index (χ3v) is 3.28. The Morgan fingerprint density at radius 1 is 1.19 bits per heavy atom. The van der Waals surface area contributed by atoms with Crippen LogP contribution in [0.5, 0.6) is 0 Å². The van der Waals surface area contributed by atoms with Gasteiger partial charge in [-0.2, -0.15) is 0 Å². The topological polar surface area (TPSA) is 72.2 Å². The molecule has 0 aliphatic heterocycles. The highest BCUT2D eigenvalue weighted by Gasteiger charge is 2.17. The largest absolute Gasteiger partial charge is 0.321 e. The van der Waals surface area contributed by atoms with E-state index < -0.39 is 28.2 Å². The predicted octanol–water partition coefficient (Wildman–Crippen LogP) is 3.89. The van der Waals surface area contributed by atoms with E-state index in [2.05, 4.69) is 21.2 Å². The first-order valence-electron chi connectivity index (χ1n) is 5.59.